The summed E-state index contributed by atoms with van der Waals surface area (Å²) in [6.07, 6.45) is 4.23. The lowest BCUT2D eigenvalue weighted by molar-refractivity contribution is -0.168. The Morgan fingerprint density at radius 2 is 0.868 bits per heavy atom. The monoisotopic (exact) mass is 975 g/mol. The van der Waals surface area contributed by atoms with Crippen LogP contribution in [0.3, 0.4) is 0 Å². The molecule has 9 unspecified atom stereocenters. The number of ether oxygens (including phenoxy) is 5. The predicted octanol–water partition coefficient (Wildman–Crippen LogP) is 15.1. The van der Waals surface area contributed by atoms with Gasteiger partial charge in [-0.15, -0.1) is 0 Å². The van der Waals surface area contributed by atoms with Crippen molar-refractivity contribution in [3.8, 4) is 0 Å². The second kappa shape index (κ2) is 24.2. The Balaban J connectivity index is 0.000000987. The van der Waals surface area contributed by atoms with Crippen LogP contribution in [-0.2, 0) is 47.7 Å². The van der Waals surface area contributed by atoms with Crippen LogP contribution in [0, 0.1) is 61.1 Å². The Bertz CT molecular complexity index is 2010. The van der Waals surface area contributed by atoms with E-state index in [9.17, 15) is 24.0 Å². The number of methoxy groups -OCH3 is 1. The minimum absolute atomic E-state index is 0.0143. The van der Waals surface area contributed by atoms with Crippen LogP contribution in [-0.4, -0.2) is 60.4 Å². The van der Waals surface area contributed by atoms with Crippen LogP contribution in [0.4, 0.5) is 0 Å². The maximum absolute atomic E-state index is 12.7. The summed E-state index contributed by atoms with van der Waals surface area (Å²) in [4.78, 5) is 58.9. The molecule has 4 rings (SSSR count). The molecule has 0 aromatic carbocycles. The van der Waals surface area contributed by atoms with Crippen LogP contribution in [0.15, 0.2) is 0 Å². The Morgan fingerprint density at radius 1 is 0.559 bits per heavy atom. The molecule has 4 bridgehead atoms. The third-order valence-electron chi connectivity index (χ3n) is 16.6. The molecule has 0 heterocycles. The van der Waals surface area contributed by atoms with E-state index >= 15 is 0 Å². The molecule has 0 N–H and O–H groups in total. The number of fused-ring (bicyclic) bond motifs is 4. The zero-order chi connectivity index (χ0) is 62.7. The maximum atomic E-state index is 12.7. The fraction of sp³-hybridized carbons (Fsp3) is 0.914. The van der Waals surface area contributed by atoms with Crippen LogP contribution in [0.1, 0.15) is 264 Å². The first-order valence-electron chi connectivity index (χ1n) is 30.2. The summed E-state index contributed by atoms with van der Waals surface area (Å²) >= 11 is 0. The molecule has 0 spiro atoms. The van der Waals surface area contributed by atoms with E-state index in [4.69, 9.17) is 32.7 Å². The van der Waals surface area contributed by atoms with Gasteiger partial charge < -0.3 is 23.7 Å². The molecule has 10 nitrogen and oxygen atoms in total. The molecule has 0 aromatic rings. The topological polar surface area (TPSA) is 132 Å². The second-order valence-corrected chi connectivity index (χ2v) is 25.1. The van der Waals surface area contributed by atoms with Crippen LogP contribution in [0.5, 0.6) is 0 Å². The molecule has 0 amide bonds. The molecular weight excluding hydrogens is 857 g/mol. The predicted molar refractivity (Wildman–Crippen MR) is 278 cm³/mol. The smallest absolute Gasteiger partial charge is 0.312 e. The minimum Gasteiger partial charge on any atom is -0.469 e. The van der Waals surface area contributed by atoms with Gasteiger partial charge in [0.25, 0.3) is 0 Å². The molecule has 4 fully saturated rings. The third-order valence-corrected chi connectivity index (χ3v) is 16.6. The first kappa shape index (κ1) is 49.0. The lowest BCUT2D eigenvalue weighted by Crippen LogP contribution is -2.40. The molecule has 0 aromatic heterocycles. The van der Waals surface area contributed by atoms with Crippen molar-refractivity contribution in [3.05, 3.63) is 0 Å². The van der Waals surface area contributed by atoms with Crippen molar-refractivity contribution in [3.63, 3.8) is 0 Å². The number of carbonyl (C=O) groups is 5. The summed E-state index contributed by atoms with van der Waals surface area (Å²) in [6.45, 7) is 38.5. The summed E-state index contributed by atoms with van der Waals surface area (Å²) in [6, 6.07) is 0. The van der Waals surface area contributed by atoms with Gasteiger partial charge >= 0.3 is 29.8 Å². The molecule has 0 aliphatic heterocycles. The van der Waals surface area contributed by atoms with E-state index in [1.54, 1.807) is 20.8 Å². The molecule has 0 saturated heterocycles. The van der Waals surface area contributed by atoms with Crippen LogP contribution < -0.4 is 0 Å². The zero-order valence-electron chi connectivity index (χ0n) is 57.8. The van der Waals surface area contributed by atoms with Crippen molar-refractivity contribution < 1.29 is 61.4 Å². The van der Waals surface area contributed by atoms with E-state index in [-0.39, 0.29) is 68.7 Å². The summed E-state index contributed by atoms with van der Waals surface area (Å²) in [5, 5.41) is 0. The largest absolute Gasteiger partial charge is 0.469 e. The van der Waals surface area contributed by atoms with E-state index < -0.39 is 54.8 Å². The molecule has 4 aliphatic rings. The van der Waals surface area contributed by atoms with Gasteiger partial charge in [-0.2, -0.15) is 0 Å². The Kier molecular flexibility index (Phi) is 17.4. The Hall–Kier alpha value is -2.65. The van der Waals surface area contributed by atoms with Crippen LogP contribution in [0.2, 0.25) is 0 Å². The highest BCUT2D eigenvalue weighted by molar-refractivity contribution is 5.77. The molecular formula is C58H108O10. The van der Waals surface area contributed by atoms with Crippen LogP contribution >= 0.6 is 0 Å². The highest BCUT2D eigenvalue weighted by Crippen LogP contribution is 2.67. The third kappa shape index (κ3) is 16.7. The number of esters is 5. The van der Waals surface area contributed by atoms with Crippen molar-refractivity contribution >= 4 is 29.8 Å². The maximum Gasteiger partial charge on any atom is 0.312 e. The van der Waals surface area contributed by atoms with Gasteiger partial charge in [0.15, 0.2) is 0 Å². The van der Waals surface area contributed by atoms with Gasteiger partial charge in [-0.1, -0.05) is 83.1 Å². The minimum atomic E-state index is -2.77. The average molecular weight is 976 g/mol. The lowest BCUT2D eigenvalue weighted by Gasteiger charge is -2.39. The normalized spacial score (nSPS) is 30.5. The highest BCUT2D eigenvalue weighted by atomic mass is 16.6. The molecule has 0 radical (unpaired) electrons. The fourth-order valence-electron chi connectivity index (χ4n) is 8.81. The summed E-state index contributed by atoms with van der Waals surface area (Å²) in [5.74, 6) is -0.991. The molecule has 400 valence electrons. The van der Waals surface area contributed by atoms with Gasteiger partial charge in [-0.3, -0.25) is 24.0 Å². The molecule has 10 heteroatoms. The first-order chi connectivity index (χ1) is 34.3. The van der Waals surface area contributed by atoms with E-state index in [0.29, 0.717) is 11.3 Å². The number of carbonyl (C=O) groups excluding carboxylic acids is 5. The van der Waals surface area contributed by atoms with E-state index in [2.05, 4.69) is 46.3 Å². The first-order valence-corrected chi connectivity index (χ1v) is 25.2. The summed E-state index contributed by atoms with van der Waals surface area (Å²) in [5.41, 5.74) is -5.93. The van der Waals surface area contributed by atoms with Crippen molar-refractivity contribution in [2.24, 2.45) is 61.1 Å². The lowest BCUT2D eigenvalue weighted by atomic mass is 9.70. The molecule has 4 aliphatic carbocycles. The van der Waals surface area contributed by atoms with Gasteiger partial charge in [0.2, 0.25) is 0 Å². The average Bonchev–Trinajstić information content (AvgIpc) is 3.78. The fourth-order valence-corrected chi connectivity index (χ4v) is 8.81. The molecule has 4 saturated carbocycles. The molecule has 9 atom stereocenters. The van der Waals surface area contributed by atoms with Gasteiger partial charge in [0.1, 0.15) is 23.4 Å². The van der Waals surface area contributed by atoms with Gasteiger partial charge in [-0.25, -0.2) is 0 Å². The number of rotatable bonds is 12. The van der Waals surface area contributed by atoms with E-state index in [1.165, 1.54) is 20.0 Å². The number of hydrogen-bond acceptors (Lipinski definition) is 10. The second-order valence-electron chi connectivity index (χ2n) is 25.1. The van der Waals surface area contributed by atoms with Crippen molar-refractivity contribution in [2.45, 2.75) is 274 Å². The zero-order valence-corrected chi connectivity index (χ0v) is 47.8. The number of hydrogen-bond donors (Lipinski definition) is 0. The van der Waals surface area contributed by atoms with Crippen molar-refractivity contribution in [1.29, 1.82) is 0 Å². The summed E-state index contributed by atoms with van der Waals surface area (Å²) < 4.78 is 102. The van der Waals surface area contributed by atoms with Gasteiger partial charge in [0, 0.05) is 24.5 Å². The van der Waals surface area contributed by atoms with E-state index in [1.807, 2.05) is 76.2 Å². The Morgan fingerprint density at radius 3 is 1.09 bits per heavy atom. The van der Waals surface area contributed by atoms with Crippen molar-refractivity contribution in [2.75, 3.05) is 7.11 Å². The van der Waals surface area contributed by atoms with Gasteiger partial charge in [-0.05, 0) is 190 Å². The SMILES string of the molecule is CCC(C)(C)C(=O)OC(C)(C)C.CCC(C)(C)C(=O)OC1CC2CCC1(C)C2(C)C.CCC(C)C(=O)OC.[2H]C([2H])([2H])C(C)(C(=O)OC(C)(C)C)C([2H])([2H])C.[2H]C([2H])([2H])C(C)(C(=O)OC1CC2CCC1(C)C2(C)C)C([2H])([2H])C. The van der Waals surface area contributed by atoms with Gasteiger partial charge in [0.05, 0.1) is 34.7 Å². The van der Waals surface area contributed by atoms with Crippen LogP contribution in [0.25, 0.3) is 0 Å². The van der Waals surface area contributed by atoms with Crippen molar-refractivity contribution in [1.82, 2.24) is 0 Å². The summed E-state index contributed by atoms with van der Waals surface area (Å²) in [7, 11) is 1.41. The standard InChI is InChI=1S/2C16H28O2.2C10H20O2.C6H12O2/c2*1-7-14(2,3)13(17)18-12-10-11-8-9-16(12,6)15(11,4)5;2*1-7-10(5,6)8(11)12-9(2,3)4;1-4-5(2)6(7)8-3/h2*11-12H,7-10H2,1-6H3;2*7H2,1-6H3;5H,4H2,1-3H3/i2D3,7D2;;5D3,7D2;;. The quantitative estimate of drug-likeness (QED) is 0.138. The Labute approximate surface area is 432 Å². The highest BCUT2D eigenvalue weighted by Gasteiger charge is 2.64. The molecule has 68 heavy (non-hydrogen) atoms. The van der Waals surface area contributed by atoms with E-state index in [0.717, 1.165) is 78.6 Å².